The minimum atomic E-state index is 0.313. The third-order valence-corrected chi connectivity index (χ3v) is 4.83. The number of nitrogens with zero attached hydrogens (tertiary/aromatic N) is 1. The maximum atomic E-state index is 12.3. The molecule has 1 fully saturated rings. The highest BCUT2D eigenvalue weighted by molar-refractivity contribution is 5.76. The molecule has 1 rings (SSSR count). The Balaban J connectivity index is 2.63. The van der Waals surface area contributed by atoms with Crippen LogP contribution in [-0.4, -0.2) is 36.5 Å². The van der Waals surface area contributed by atoms with Crippen LogP contribution < -0.4 is 5.32 Å². The molecule has 118 valence electrons. The zero-order valence-electron chi connectivity index (χ0n) is 14.2. The van der Waals surface area contributed by atoms with Crippen molar-refractivity contribution in [1.82, 2.24) is 10.2 Å². The minimum Gasteiger partial charge on any atom is -0.341 e. The van der Waals surface area contributed by atoms with Crippen LogP contribution in [0.2, 0.25) is 0 Å². The molecule has 20 heavy (non-hydrogen) atoms. The van der Waals surface area contributed by atoms with Crippen LogP contribution >= 0.6 is 0 Å². The van der Waals surface area contributed by atoms with E-state index in [0.29, 0.717) is 29.7 Å². The second-order valence-corrected chi connectivity index (χ2v) is 7.20. The van der Waals surface area contributed by atoms with E-state index in [-0.39, 0.29) is 0 Å². The Morgan fingerprint density at radius 3 is 2.60 bits per heavy atom. The Bertz CT molecular complexity index is 301. The summed E-state index contributed by atoms with van der Waals surface area (Å²) in [7, 11) is 0. The topological polar surface area (TPSA) is 32.3 Å². The summed E-state index contributed by atoms with van der Waals surface area (Å²) in [6, 6.07) is 0.435. The van der Waals surface area contributed by atoms with Gasteiger partial charge in [-0.1, -0.05) is 41.0 Å². The third kappa shape index (κ3) is 5.43. The van der Waals surface area contributed by atoms with E-state index in [2.05, 4.69) is 44.8 Å². The highest BCUT2D eigenvalue weighted by Gasteiger charge is 2.29. The van der Waals surface area contributed by atoms with Gasteiger partial charge in [0.25, 0.3) is 0 Å². The SMILES string of the molecule is CCCNC(CN1CCC(C)(C)CCC1=O)C(C)CC. The number of carbonyl (C=O) groups excluding carboxylic acids is 1. The molecule has 0 aromatic heterocycles. The molecule has 1 N–H and O–H groups in total. The van der Waals surface area contributed by atoms with Gasteiger partial charge in [0.1, 0.15) is 0 Å². The van der Waals surface area contributed by atoms with E-state index in [9.17, 15) is 4.79 Å². The summed E-state index contributed by atoms with van der Waals surface area (Å²) in [6.07, 6.45) is 5.18. The van der Waals surface area contributed by atoms with Gasteiger partial charge in [0.05, 0.1) is 0 Å². The van der Waals surface area contributed by atoms with E-state index in [0.717, 1.165) is 45.3 Å². The number of carbonyl (C=O) groups is 1. The molecule has 0 aromatic carbocycles. The minimum absolute atomic E-state index is 0.313. The van der Waals surface area contributed by atoms with Crippen molar-refractivity contribution in [2.24, 2.45) is 11.3 Å². The van der Waals surface area contributed by atoms with Crippen LogP contribution in [0.15, 0.2) is 0 Å². The van der Waals surface area contributed by atoms with Crippen LogP contribution in [-0.2, 0) is 4.79 Å². The number of likely N-dealkylation sites (tertiary alicyclic amines) is 1. The summed E-state index contributed by atoms with van der Waals surface area (Å²) in [4.78, 5) is 14.4. The smallest absolute Gasteiger partial charge is 0.222 e. The van der Waals surface area contributed by atoms with E-state index < -0.39 is 0 Å². The molecule has 0 bridgehead atoms. The molecule has 2 unspecified atom stereocenters. The number of hydrogen-bond donors (Lipinski definition) is 1. The lowest BCUT2D eigenvalue weighted by Crippen LogP contribution is -2.47. The van der Waals surface area contributed by atoms with Crippen molar-refractivity contribution in [3.8, 4) is 0 Å². The Hall–Kier alpha value is -0.570. The quantitative estimate of drug-likeness (QED) is 0.776. The summed E-state index contributed by atoms with van der Waals surface area (Å²) in [5.74, 6) is 0.966. The van der Waals surface area contributed by atoms with Gasteiger partial charge >= 0.3 is 0 Å². The van der Waals surface area contributed by atoms with Crippen molar-refractivity contribution in [2.45, 2.75) is 72.8 Å². The summed E-state index contributed by atoms with van der Waals surface area (Å²) in [5.41, 5.74) is 0.313. The molecular formula is C17H34N2O. The van der Waals surface area contributed by atoms with E-state index in [1.54, 1.807) is 0 Å². The first-order valence-corrected chi connectivity index (χ1v) is 8.40. The summed E-state index contributed by atoms with van der Waals surface area (Å²) < 4.78 is 0. The lowest BCUT2D eigenvalue weighted by atomic mass is 9.85. The molecule has 1 aliphatic rings. The van der Waals surface area contributed by atoms with E-state index >= 15 is 0 Å². The van der Waals surface area contributed by atoms with E-state index in [1.807, 2.05) is 0 Å². The van der Waals surface area contributed by atoms with Crippen molar-refractivity contribution < 1.29 is 4.79 Å². The first kappa shape index (κ1) is 17.5. The van der Waals surface area contributed by atoms with Gasteiger partial charge in [-0.15, -0.1) is 0 Å². The predicted octanol–water partition coefficient (Wildman–Crippen LogP) is 3.44. The van der Waals surface area contributed by atoms with Crippen LogP contribution in [0.25, 0.3) is 0 Å². The third-order valence-electron chi connectivity index (χ3n) is 4.83. The van der Waals surface area contributed by atoms with E-state index in [4.69, 9.17) is 0 Å². The lowest BCUT2D eigenvalue weighted by Gasteiger charge is -2.31. The molecule has 3 heteroatoms. The highest BCUT2D eigenvalue weighted by Crippen LogP contribution is 2.30. The fourth-order valence-corrected chi connectivity index (χ4v) is 2.78. The molecule has 3 nitrogen and oxygen atoms in total. The Labute approximate surface area is 125 Å². The van der Waals surface area contributed by atoms with Crippen LogP contribution in [0.5, 0.6) is 0 Å². The monoisotopic (exact) mass is 282 g/mol. The van der Waals surface area contributed by atoms with Crippen LogP contribution in [0.1, 0.15) is 66.7 Å². The normalized spacial score (nSPS) is 22.4. The largest absolute Gasteiger partial charge is 0.341 e. The van der Waals surface area contributed by atoms with Gasteiger partial charge in [-0.3, -0.25) is 4.79 Å². The molecule has 0 saturated carbocycles. The Kier molecular flexibility index (Phi) is 7.01. The standard InChI is InChI=1S/C17H34N2O/c1-6-11-18-15(14(3)7-2)13-19-12-10-17(4,5)9-8-16(19)20/h14-15,18H,6-13H2,1-5H3. The molecule has 2 atom stereocenters. The highest BCUT2D eigenvalue weighted by atomic mass is 16.2. The van der Waals surface area contributed by atoms with Gasteiger partial charge in [-0.05, 0) is 37.1 Å². The number of rotatable bonds is 7. The molecule has 0 spiro atoms. The average molecular weight is 282 g/mol. The average Bonchev–Trinajstić information content (AvgIpc) is 2.54. The summed E-state index contributed by atoms with van der Waals surface area (Å²) in [6.45, 7) is 14.1. The summed E-state index contributed by atoms with van der Waals surface area (Å²) in [5, 5.41) is 3.64. The molecule has 0 aromatic rings. The Morgan fingerprint density at radius 1 is 1.30 bits per heavy atom. The Morgan fingerprint density at radius 2 is 2.00 bits per heavy atom. The van der Waals surface area contributed by atoms with Crippen molar-refractivity contribution in [3.63, 3.8) is 0 Å². The molecule has 1 heterocycles. The zero-order chi connectivity index (χ0) is 15.2. The number of hydrogen-bond acceptors (Lipinski definition) is 2. The van der Waals surface area contributed by atoms with Gasteiger partial charge in [0.2, 0.25) is 5.91 Å². The van der Waals surface area contributed by atoms with Crippen molar-refractivity contribution in [2.75, 3.05) is 19.6 Å². The molecule has 1 saturated heterocycles. The molecule has 1 aliphatic heterocycles. The molecule has 0 aliphatic carbocycles. The van der Waals surface area contributed by atoms with Crippen molar-refractivity contribution in [1.29, 1.82) is 0 Å². The van der Waals surface area contributed by atoms with Crippen molar-refractivity contribution >= 4 is 5.91 Å². The van der Waals surface area contributed by atoms with Crippen LogP contribution in [0.4, 0.5) is 0 Å². The van der Waals surface area contributed by atoms with Crippen LogP contribution in [0, 0.1) is 11.3 Å². The first-order chi connectivity index (χ1) is 9.39. The van der Waals surface area contributed by atoms with E-state index in [1.165, 1.54) is 0 Å². The van der Waals surface area contributed by atoms with Crippen LogP contribution in [0.3, 0.4) is 0 Å². The first-order valence-electron chi connectivity index (χ1n) is 8.40. The van der Waals surface area contributed by atoms with Gasteiger partial charge in [-0.25, -0.2) is 0 Å². The fourth-order valence-electron chi connectivity index (χ4n) is 2.78. The van der Waals surface area contributed by atoms with Gasteiger partial charge in [0.15, 0.2) is 0 Å². The fraction of sp³-hybridized carbons (Fsp3) is 0.941. The van der Waals surface area contributed by atoms with Gasteiger partial charge < -0.3 is 10.2 Å². The second-order valence-electron chi connectivity index (χ2n) is 7.20. The maximum Gasteiger partial charge on any atom is 0.222 e. The molecular weight excluding hydrogens is 248 g/mol. The maximum absolute atomic E-state index is 12.3. The number of amides is 1. The number of nitrogens with one attached hydrogen (secondary N) is 1. The van der Waals surface area contributed by atoms with Crippen molar-refractivity contribution in [3.05, 3.63) is 0 Å². The molecule has 0 radical (unpaired) electrons. The predicted molar refractivity (Wildman–Crippen MR) is 85.7 cm³/mol. The van der Waals surface area contributed by atoms with Gasteiger partial charge in [0, 0.05) is 25.6 Å². The zero-order valence-corrected chi connectivity index (χ0v) is 14.2. The lowest BCUT2D eigenvalue weighted by molar-refractivity contribution is -0.131. The van der Waals surface area contributed by atoms with Gasteiger partial charge in [-0.2, -0.15) is 0 Å². The molecule has 1 amide bonds. The summed E-state index contributed by atoms with van der Waals surface area (Å²) >= 11 is 0. The second kappa shape index (κ2) is 8.02.